The SMILES string of the molecule is C#Cc1cccc(C2(NCCCCc3cc(F)cc(OCCCCNC(=O)CCC(COC)C(N)=O)c3)CC2)c1. The highest BCUT2D eigenvalue weighted by atomic mass is 19.1. The Balaban J connectivity index is 1.29. The Hall–Kier alpha value is -3.41. The van der Waals surface area contributed by atoms with Gasteiger partial charge in [-0.1, -0.05) is 18.1 Å². The van der Waals surface area contributed by atoms with Gasteiger partial charge in [0.05, 0.1) is 19.1 Å². The fourth-order valence-electron chi connectivity index (χ4n) is 4.78. The molecule has 3 rings (SSSR count). The van der Waals surface area contributed by atoms with E-state index in [9.17, 15) is 14.0 Å². The fourth-order valence-corrected chi connectivity index (χ4v) is 4.78. The minimum absolute atomic E-state index is 0.0492. The van der Waals surface area contributed by atoms with E-state index in [1.54, 1.807) is 6.07 Å². The summed E-state index contributed by atoms with van der Waals surface area (Å²) in [4.78, 5) is 23.3. The molecule has 0 saturated heterocycles. The summed E-state index contributed by atoms with van der Waals surface area (Å²) in [7, 11) is 1.50. The number of hydrogen-bond donors (Lipinski definition) is 3. The summed E-state index contributed by atoms with van der Waals surface area (Å²) in [5.74, 6) is 1.88. The zero-order valence-electron chi connectivity index (χ0n) is 23.5. The fraction of sp³-hybridized carbons (Fsp3) is 0.500. The lowest BCUT2D eigenvalue weighted by Crippen LogP contribution is -2.30. The van der Waals surface area contributed by atoms with Gasteiger partial charge in [-0.05, 0) is 93.3 Å². The number of ether oxygens (including phenoxy) is 2. The highest BCUT2D eigenvalue weighted by Crippen LogP contribution is 2.45. The maximum atomic E-state index is 14.2. The molecule has 40 heavy (non-hydrogen) atoms. The average Bonchev–Trinajstić information content (AvgIpc) is 3.73. The van der Waals surface area contributed by atoms with Crippen LogP contribution in [0.3, 0.4) is 0 Å². The second-order valence-electron chi connectivity index (χ2n) is 10.5. The van der Waals surface area contributed by atoms with Crippen molar-refractivity contribution in [2.75, 3.05) is 33.4 Å². The molecule has 0 aromatic heterocycles. The van der Waals surface area contributed by atoms with E-state index in [1.165, 1.54) is 18.7 Å². The highest BCUT2D eigenvalue weighted by molar-refractivity contribution is 5.79. The molecule has 2 amide bonds. The van der Waals surface area contributed by atoms with E-state index in [1.807, 2.05) is 18.2 Å². The molecule has 1 atom stereocenters. The van der Waals surface area contributed by atoms with Gasteiger partial charge in [-0.2, -0.15) is 0 Å². The Morgan fingerprint density at radius 3 is 2.65 bits per heavy atom. The smallest absolute Gasteiger partial charge is 0.222 e. The summed E-state index contributed by atoms with van der Waals surface area (Å²) >= 11 is 0. The molecule has 8 heteroatoms. The Morgan fingerprint density at radius 1 is 1.12 bits per heavy atom. The molecular formula is C32H42FN3O4. The summed E-state index contributed by atoms with van der Waals surface area (Å²) in [6, 6.07) is 13.1. The lowest BCUT2D eigenvalue weighted by Gasteiger charge is -2.18. The summed E-state index contributed by atoms with van der Waals surface area (Å²) in [5.41, 5.74) is 8.45. The molecule has 0 bridgehead atoms. The second-order valence-corrected chi connectivity index (χ2v) is 10.5. The zero-order chi connectivity index (χ0) is 28.8. The van der Waals surface area contributed by atoms with Crippen molar-refractivity contribution in [3.63, 3.8) is 0 Å². The lowest BCUT2D eigenvalue weighted by molar-refractivity contribution is -0.124. The molecule has 1 fully saturated rings. The third-order valence-electron chi connectivity index (χ3n) is 7.27. The lowest BCUT2D eigenvalue weighted by atomic mass is 10.0. The van der Waals surface area contributed by atoms with Crippen molar-refractivity contribution in [2.45, 2.75) is 63.3 Å². The molecule has 1 aliphatic rings. The molecule has 0 spiro atoms. The molecule has 0 radical (unpaired) electrons. The van der Waals surface area contributed by atoms with Gasteiger partial charge in [0.1, 0.15) is 11.6 Å². The van der Waals surface area contributed by atoms with Crippen molar-refractivity contribution >= 4 is 11.8 Å². The minimum Gasteiger partial charge on any atom is -0.493 e. The predicted molar refractivity (Wildman–Crippen MR) is 154 cm³/mol. The maximum absolute atomic E-state index is 14.2. The molecule has 216 valence electrons. The Bertz CT molecular complexity index is 1160. The van der Waals surface area contributed by atoms with Crippen molar-refractivity contribution in [3.05, 3.63) is 65.0 Å². The first kappa shape index (κ1) is 31.1. The maximum Gasteiger partial charge on any atom is 0.222 e. The van der Waals surface area contributed by atoms with Crippen LogP contribution in [0.1, 0.15) is 68.1 Å². The van der Waals surface area contributed by atoms with Crippen molar-refractivity contribution < 1.29 is 23.5 Å². The number of terminal acetylenes is 1. The minimum atomic E-state index is -0.463. The van der Waals surface area contributed by atoms with Gasteiger partial charge in [0.15, 0.2) is 0 Å². The first-order valence-corrected chi connectivity index (χ1v) is 14.1. The Labute approximate surface area is 237 Å². The topological polar surface area (TPSA) is 103 Å². The van der Waals surface area contributed by atoms with Crippen LogP contribution < -0.4 is 21.1 Å². The van der Waals surface area contributed by atoms with Crippen LogP contribution in [0.15, 0.2) is 42.5 Å². The number of carbonyl (C=O) groups excluding carboxylic acids is 2. The highest BCUT2D eigenvalue weighted by Gasteiger charge is 2.43. The van der Waals surface area contributed by atoms with Crippen molar-refractivity contribution in [1.29, 1.82) is 0 Å². The third kappa shape index (κ3) is 10.3. The molecule has 4 N–H and O–H groups in total. The third-order valence-corrected chi connectivity index (χ3v) is 7.27. The van der Waals surface area contributed by atoms with Gasteiger partial charge >= 0.3 is 0 Å². The first-order chi connectivity index (χ1) is 19.3. The number of methoxy groups -OCH3 is 1. The van der Waals surface area contributed by atoms with E-state index in [4.69, 9.17) is 21.6 Å². The van der Waals surface area contributed by atoms with Gasteiger partial charge in [0, 0.05) is 37.2 Å². The number of unbranched alkanes of at least 4 members (excludes halogenated alkanes) is 2. The molecule has 7 nitrogen and oxygen atoms in total. The van der Waals surface area contributed by atoms with Crippen molar-refractivity contribution in [1.82, 2.24) is 10.6 Å². The van der Waals surface area contributed by atoms with Crippen molar-refractivity contribution in [3.8, 4) is 18.1 Å². The summed E-state index contributed by atoms with van der Waals surface area (Å²) in [6.45, 7) is 2.05. The van der Waals surface area contributed by atoms with E-state index < -0.39 is 11.8 Å². The van der Waals surface area contributed by atoms with Crippen LogP contribution in [0.5, 0.6) is 5.75 Å². The second kappa shape index (κ2) is 16.0. The van der Waals surface area contributed by atoms with Crippen LogP contribution in [-0.2, 0) is 26.3 Å². The first-order valence-electron chi connectivity index (χ1n) is 14.1. The van der Waals surface area contributed by atoms with Crippen LogP contribution in [0.25, 0.3) is 0 Å². The number of rotatable bonds is 19. The number of benzene rings is 2. The molecule has 1 saturated carbocycles. The van der Waals surface area contributed by atoms with E-state index in [0.717, 1.165) is 62.6 Å². The monoisotopic (exact) mass is 551 g/mol. The number of halogens is 1. The Kier molecular flexibility index (Phi) is 12.4. The molecule has 2 aromatic carbocycles. The Morgan fingerprint density at radius 2 is 1.93 bits per heavy atom. The molecule has 2 aromatic rings. The van der Waals surface area contributed by atoms with Gasteiger partial charge in [-0.25, -0.2) is 4.39 Å². The number of primary amides is 1. The summed E-state index contributed by atoms with van der Waals surface area (Å²) in [5, 5.41) is 6.54. The molecule has 0 aliphatic heterocycles. The molecular weight excluding hydrogens is 509 g/mol. The summed E-state index contributed by atoms with van der Waals surface area (Å²) < 4.78 is 24.9. The number of carbonyl (C=O) groups is 2. The van der Waals surface area contributed by atoms with E-state index in [0.29, 0.717) is 25.3 Å². The molecule has 0 heterocycles. The number of amides is 2. The molecule has 1 unspecified atom stereocenters. The van der Waals surface area contributed by atoms with Crippen molar-refractivity contribution in [2.24, 2.45) is 11.7 Å². The van der Waals surface area contributed by atoms with Gasteiger partial charge in [0.25, 0.3) is 0 Å². The number of aryl methyl sites for hydroxylation is 1. The van der Waals surface area contributed by atoms with Crippen LogP contribution >= 0.6 is 0 Å². The van der Waals surface area contributed by atoms with E-state index >= 15 is 0 Å². The summed E-state index contributed by atoms with van der Waals surface area (Å²) in [6.07, 6.45) is 12.5. The zero-order valence-corrected chi connectivity index (χ0v) is 23.5. The quantitative estimate of drug-likeness (QED) is 0.179. The van der Waals surface area contributed by atoms with Gasteiger partial charge in [-0.3, -0.25) is 9.59 Å². The normalized spacial score (nSPS) is 14.2. The largest absolute Gasteiger partial charge is 0.493 e. The number of nitrogens with two attached hydrogens (primary N) is 1. The standard InChI is InChI=1S/C32H42FN3O4/c1-3-24-10-8-11-27(19-24)32(14-15-32)36-17-5-4-9-25-20-28(33)22-29(21-25)40-18-7-6-16-35-30(37)13-12-26(23-39-2)31(34)38/h1,8,10-11,19-22,26,36H,4-7,9,12-18,23H2,2H3,(H2,34,38)(H,35,37). The van der Waals surface area contributed by atoms with E-state index in [2.05, 4.69) is 28.7 Å². The number of hydrogen-bond acceptors (Lipinski definition) is 5. The average molecular weight is 552 g/mol. The molecule has 1 aliphatic carbocycles. The van der Waals surface area contributed by atoms with Crippen LogP contribution in [0.2, 0.25) is 0 Å². The van der Waals surface area contributed by atoms with Crippen LogP contribution in [0, 0.1) is 24.1 Å². The van der Waals surface area contributed by atoms with Gasteiger partial charge in [0.2, 0.25) is 11.8 Å². The number of nitrogens with one attached hydrogen (secondary N) is 2. The van der Waals surface area contributed by atoms with Gasteiger partial charge < -0.3 is 25.8 Å². The van der Waals surface area contributed by atoms with E-state index in [-0.39, 0.29) is 30.3 Å². The van der Waals surface area contributed by atoms with Gasteiger partial charge in [-0.15, -0.1) is 6.42 Å². The predicted octanol–water partition coefficient (Wildman–Crippen LogP) is 4.21. The van der Waals surface area contributed by atoms with Crippen LogP contribution in [-0.4, -0.2) is 45.2 Å². The van der Waals surface area contributed by atoms with Crippen LogP contribution in [0.4, 0.5) is 4.39 Å².